The van der Waals surface area contributed by atoms with Gasteiger partial charge in [0, 0.05) is 12.5 Å². The van der Waals surface area contributed by atoms with Gasteiger partial charge in [0.15, 0.2) is 5.78 Å². The Morgan fingerprint density at radius 2 is 2.04 bits per heavy atom. The number of aliphatic hydroxyl groups excluding tert-OH is 1. The van der Waals surface area contributed by atoms with Crippen molar-refractivity contribution in [3.8, 4) is 0 Å². The SMILES string of the molecule is CCC(=O)c1cc(C(=O)N[C@@H]2CC[C@H]2O)n([C@@H](C)c2ccccc2)n1. The molecule has 6 heteroatoms. The molecular weight excluding hydrogens is 318 g/mol. The molecule has 6 nitrogen and oxygen atoms in total. The monoisotopic (exact) mass is 341 g/mol. The third-order valence-electron chi connectivity index (χ3n) is 4.78. The fraction of sp³-hybridized carbons (Fsp3) is 0.421. The molecule has 1 aliphatic carbocycles. The van der Waals surface area contributed by atoms with Crippen LogP contribution in [-0.2, 0) is 0 Å². The van der Waals surface area contributed by atoms with Crippen molar-refractivity contribution in [2.45, 2.75) is 51.3 Å². The maximum absolute atomic E-state index is 12.7. The van der Waals surface area contributed by atoms with Crippen molar-refractivity contribution in [2.75, 3.05) is 0 Å². The second kappa shape index (κ2) is 7.19. The van der Waals surface area contributed by atoms with E-state index < -0.39 is 6.10 Å². The summed E-state index contributed by atoms with van der Waals surface area (Å²) in [5.74, 6) is -0.411. The number of nitrogens with one attached hydrogen (secondary N) is 1. The van der Waals surface area contributed by atoms with E-state index in [-0.39, 0.29) is 23.8 Å². The quantitative estimate of drug-likeness (QED) is 0.790. The number of aliphatic hydroxyl groups is 1. The predicted molar refractivity (Wildman–Crippen MR) is 93.6 cm³/mol. The first-order valence-corrected chi connectivity index (χ1v) is 8.68. The van der Waals surface area contributed by atoms with Crippen LogP contribution in [0.15, 0.2) is 36.4 Å². The van der Waals surface area contributed by atoms with Crippen LogP contribution < -0.4 is 5.32 Å². The lowest BCUT2D eigenvalue weighted by Gasteiger charge is -2.33. The number of rotatable bonds is 6. The number of hydrogen-bond acceptors (Lipinski definition) is 4. The summed E-state index contributed by atoms with van der Waals surface area (Å²) in [7, 11) is 0. The van der Waals surface area contributed by atoms with Crippen molar-refractivity contribution in [3.05, 3.63) is 53.3 Å². The maximum Gasteiger partial charge on any atom is 0.269 e. The molecule has 0 spiro atoms. The van der Waals surface area contributed by atoms with Crippen LogP contribution in [0.25, 0.3) is 0 Å². The first kappa shape index (κ1) is 17.4. The van der Waals surface area contributed by atoms with Gasteiger partial charge in [-0.1, -0.05) is 37.3 Å². The fourth-order valence-electron chi connectivity index (χ4n) is 2.94. The molecule has 1 aliphatic rings. The maximum atomic E-state index is 12.7. The van der Waals surface area contributed by atoms with Gasteiger partial charge < -0.3 is 10.4 Å². The molecule has 0 saturated heterocycles. The Labute approximate surface area is 146 Å². The Morgan fingerprint density at radius 1 is 1.32 bits per heavy atom. The molecule has 1 amide bonds. The van der Waals surface area contributed by atoms with Gasteiger partial charge in [0.1, 0.15) is 11.4 Å². The van der Waals surface area contributed by atoms with Crippen molar-refractivity contribution in [3.63, 3.8) is 0 Å². The Bertz CT molecular complexity index is 769. The Hall–Kier alpha value is -2.47. The summed E-state index contributed by atoms with van der Waals surface area (Å²) in [5, 5.41) is 16.9. The van der Waals surface area contributed by atoms with Crippen LogP contribution in [0.1, 0.15) is 65.7 Å². The Kier molecular flexibility index (Phi) is 4.99. The van der Waals surface area contributed by atoms with Gasteiger partial charge in [-0.25, -0.2) is 0 Å². The van der Waals surface area contributed by atoms with E-state index in [1.165, 1.54) is 0 Å². The van der Waals surface area contributed by atoms with Crippen molar-refractivity contribution in [2.24, 2.45) is 0 Å². The van der Waals surface area contributed by atoms with E-state index in [0.29, 0.717) is 24.2 Å². The number of carbonyl (C=O) groups is 2. The molecule has 2 aromatic rings. The standard InChI is InChI=1S/C19H23N3O3/c1-3-17(23)15-11-16(19(25)20-14-9-10-18(14)24)22(21-15)12(2)13-7-5-4-6-8-13/h4-8,11-12,14,18,24H,3,9-10H2,1-2H3,(H,20,25)/t12-,14+,18+/m0/s1. The van der Waals surface area contributed by atoms with E-state index in [1.807, 2.05) is 37.3 Å². The fourth-order valence-corrected chi connectivity index (χ4v) is 2.94. The molecule has 1 saturated carbocycles. The van der Waals surface area contributed by atoms with Gasteiger partial charge in [-0.3, -0.25) is 14.3 Å². The van der Waals surface area contributed by atoms with Crippen LogP contribution in [-0.4, -0.2) is 38.7 Å². The lowest BCUT2D eigenvalue weighted by atomic mass is 9.89. The van der Waals surface area contributed by atoms with E-state index >= 15 is 0 Å². The number of carbonyl (C=O) groups excluding carboxylic acids is 2. The molecule has 25 heavy (non-hydrogen) atoms. The molecular formula is C19H23N3O3. The zero-order valence-corrected chi connectivity index (χ0v) is 14.5. The number of hydrogen-bond donors (Lipinski definition) is 2. The minimum absolute atomic E-state index is 0.100. The van der Waals surface area contributed by atoms with E-state index in [2.05, 4.69) is 10.4 Å². The van der Waals surface area contributed by atoms with Crippen LogP contribution in [0.3, 0.4) is 0 Å². The Morgan fingerprint density at radius 3 is 2.60 bits per heavy atom. The molecule has 1 heterocycles. The first-order chi connectivity index (χ1) is 12.0. The van der Waals surface area contributed by atoms with Gasteiger partial charge in [-0.2, -0.15) is 5.10 Å². The lowest BCUT2D eigenvalue weighted by Crippen LogP contribution is -2.50. The highest BCUT2D eigenvalue weighted by atomic mass is 16.3. The van der Waals surface area contributed by atoms with Gasteiger partial charge in [-0.05, 0) is 25.3 Å². The highest BCUT2D eigenvalue weighted by Crippen LogP contribution is 2.23. The molecule has 3 rings (SSSR count). The zero-order valence-electron chi connectivity index (χ0n) is 14.5. The molecule has 0 unspecified atom stereocenters. The van der Waals surface area contributed by atoms with Crippen molar-refractivity contribution < 1.29 is 14.7 Å². The second-order valence-corrected chi connectivity index (χ2v) is 6.45. The Balaban J connectivity index is 1.93. The van der Waals surface area contributed by atoms with Crippen molar-refractivity contribution in [1.82, 2.24) is 15.1 Å². The highest BCUT2D eigenvalue weighted by molar-refractivity contribution is 5.98. The van der Waals surface area contributed by atoms with Gasteiger partial charge in [0.05, 0.1) is 18.2 Å². The van der Waals surface area contributed by atoms with Gasteiger partial charge >= 0.3 is 0 Å². The van der Waals surface area contributed by atoms with Gasteiger partial charge in [0.25, 0.3) is 5.91 Å². The predicted octanol–water partition coefficient (Wildman–Crippen LogP) is 2.34. The van der Waals surface area contributed by atoms with Crippen LogP contribution in [0.5, 0.6) is 0 Å². The number of amides is 1. The summed E-state index contributed by atoms with van der Waals surface area (Å²) in [6.45, 7) is 3.71. The number of benzene rings is 1. The summed E-state index contributed by atoms with van der Waals surface area (Å²) in [5.41, 5.74) is 1.63. The van der Waals surface area contributed by atoms with Crippen molar-refractivity contribution >= 4 is 11.7 Å². The second-order valence-electron chi connectivity index (χ2n) is 6.45. The van der Waals surface area contributed by atoms with Crippen LogP contribution in [0.2, 0.25) is 0 Å². The van der Waals surface area contributed by atoms with E-state index in [4.69, 9.17) is 0 Å². The molecule has 132 valence electrons. The highest BCUT2D eigenvalue weighted by Gasteiger charge is 2.32. The summed E-state index contributed by atoms with van der Waals surface area (Å²) < 4.78 is 1.60. The molecule has 3 atom stereocenters. The zero-order chi connectivity index (χ0) is 18.0. The number of nitrogens with zero attached hydrogens (tertiary/aromatic N) is 2. The van der Waals surface area contributed by atoms with Crippen LogP contribution in [0, 0.1) is 0 Å². The average Bonchev–Trinajstić information content (AvgIpc) is 3.09. The van der Waals surface area contributed by atoms with Gasteiger partial charge in [-0.15, -0.1) is 0 Å². The average molecular weight is 341 g/mol. The molecule has 2 N–H and O–H groups in total. The molecule has 0 radical (unpaired) electrons. The smallest absolute Gasteiger partial charge is 0.269 e. The topological polar surface area (TPSA) is 84.2 Å². The molecule has 0 bridgehead atoms. The summed E-state index contributed by atoms with van der Waals surface area (Å²) in [4.78, 5) is 24.7. The minimum Gasteiger partial charge on any atom is -0.391 e. The third-order valence-corrected chi connectivity index (χ3v) is 4.78. The largest absolute Gasteiger partial charge is 0.391 e. The normalized spacial score (nSPS) is 20.6. The summed E-state index contributed by atoms with van der Waals surface area (Å²) >= 11 is 0. The van der Waals surface area contributed by atoms with Crippen molar-refractivity contribution in [1.29, 1.82) is 0 Å². The van der Waals surface area contributed by atoms with E-state index in [9.17, 15) is 14.7 Å². The molecule has 1 aromatic carbocycles. The molecule has 1 fully saturated rings. The third kappa shape index (κ3) is 3.49. The van der Waals surface area contributed by atoms with E-state index in [0.717, 1.165) is 12.0 Å². The lowest BCUT2D eigenvalue weighted by molar-refractivity contribution is 0.0443. The van der Waals surface area contributed by atoms with Crippen LogP contribution in [0.4, 0.5) is 0 Å². The molecule has 0 aliphatic heterocycles. The number of aromatic nitrogens is 2. The number of Topliss-reactive ketones (excluding diaryl/α,β-unsaturated/α-hetero) is 1. The molecule has 1 aromatic heterocycles. The first-order valence-electron chi connectivity index (χ1n) is 8.68. The summed E-state index contributed by atoms with van der Waals surface area (Å²) in [6, 6.07) is 10.8. The van der Waals surface area contributed by atoms with E-state index in [1.54, 1.807) is 17.7 Å². The summed E-state index contributed by atoms with van der Waals surface area (Å²) in [6.07, 6.45) is 1.29. The minimum atomic E-state index is -0.497. The number of ketones is 1. The van der Waals surface area contributed by atoms with Crippen LogP contribution >= 0.6 is 0 Å². The van der Waals surface area contributed by atoms with Gasteiger partial charge in [0.2, 0.25) is 0 Å².